The third-order valence-corrected chi connectivity index (χ3v) is 4.94. The van der Waals surface area contributed by atoms with E-state index < -0.39 is 0 Å². The number of likely N-dealkylation sites (tertiary alicyclic amines) is 1. The molecule has 2 heterocycles. The Balaban J connectivity index is 1.59. The molecule has 1 aromatic heterocycles. The standard InChI is InChI=1S/C21H23N5O/c22-19(27)14-26-12-10-16(11-13-26)23-21-17-8-4-5-9-18(17)24-20(25-21)15-6-2-1-3-7-15/h1-9,16H,10-14H2,(H2,22,27)(H,23,24,25). The Bertz CT molecular complexity index is 936. The summed E-state index contributed by atoms with van der Waals surface area (Å²) >= 11 is 0. The van der Waals surface area contributed by atoms with Gasteiger partial charge in [-0.25, -0.2) is 9.97 Å². The second kappa shape index (κ2) is 7.72. The first-order valence-corrected chi connectivity index (χ1v) is 9.28. The Morgan fingerprint density at radius 3 is 2.48 bits per heavy atom. The summed E-state index contributed by atoms with van der Waals surface area (Å²) in [4.78, 5) is 22.8. The molecular formula is C21H23N5O. The van der Waals surface area contributed by atoms with E-state index in [1.807, 2.05) is 48.5 Å². The SMILES string of the molecule is NC(=O)CN1CCC(Nc2nc(-c3ccccc3)nc3ccccc23)CC1. The van der Waals surface area contributed by atoms with Crippen molar-refractivity contribution in [1.82, 2.24) is 14.9 Å². The van der Waals surface area contributed by atoms with E-state index in [0.29, 0.717) is 12.6 Å². The second-order valence-electron chi connectivity index (χ2n) is 6.94. The van der Waals surface area contributed by atoms with E-state index >= 15 is 0 Å². The van der Waals surface area contributed by atoms with E-state index in [2.05, 4.69) is 16.3 Å². The van der Waals surface area contributed by atoms with Crippen LogP contribution in [0.15, 0.2) is 54.6 Å². The molecule has 0 bridgehead atoms. The molecule has 0 unspecified atom stereocenters. The van der Waals surface area contributed by atoms with Crippen LogP contribution in [0.3, 0.4) is 0 Å². The zero-order valence-electron chi connectivity index (χ0n) is 15.1. The smallest absolute Gasteiger partial charge is 0.231 e. The Kier molecular flexibility index (Phi) is 4.98. The van der Waals surface area contributed by atoms with Crippen molar-refractivity contribution in [2.24, 2.45) is 5.73 Å². The van der Waals surface area contributed by atoms with Crippen molar-refractivity contribution in [3.63, 3.8) is 0 Å². The van der Waals surface area contributed by atoms with Crippen LogP contribution in [0, 0.1) is 0 Å². The molecule has 1 fully saturated rings. The van der Waals surface area contributed by atoms with Crippen molar-refractivity contribution in [2.75, 3.05) is 25.0 Å². The molecule has 2 aromatic carbocycles. The summed E-state index contributed by atoms with van der Waals surface area (Å²) in [5.74, 6) is 1.33. The number of piperidine rings is 1. The number of rotatable bonds is 5. The van der Waals surface area contributed by atoms with Gasteiger partial charge < -0.3 is 11.1 Å². The molecule has 4 rings (SSSR count). The lowest BCUT2D eigenvalue weighted by molar-refractivity contribution is -0.119. The maximum absolute atomic E-state index is 11.1. The van der Waals surface area contributed by atoms with Gasteiger partial charge in [0.1, 0.15) is 5.82 Å². The highest BCUT2D eigenvalue weighted by atomic mass is 16.1. The number of aromatic nitrogens is 2. The molecule has 1 aliphatic heterocycles. The lowest BCUT2D eigenvalue weighted by Crippen LogP contribution is -2.43. The average Bonchev–Trinajstić information content (AvgIpc) is 2.70. The van der Waals surface area contributed by atoms with Gasteiger partial charge in [0.25, 0.3) is 0 Å². The van der Waals surface area contributed by atoms with Crippen LogP contribution in [0.4, 0.5) is 5.82 Å². The Morgan fingerprint density at radius 1 is 1.04 bits per heavy atom. The van der Waals surface area contributed by atoms with Gasteiger partial charge in [0.15, 0.2) is 5.82 Å². The molecule has 3 N–H and O–H groups in total. The van der Waals surface area contributed by atoms with Gasteiger partial charge in [-0.3, -0.25) is 9.69 Å². The van der Waals surface area contributed by atoms with E-state index in [1.54, 1.807) is 0 Å². The number of benzene rings is 2. The number of carbonyl (C=O) groups is 1. The van der Waals surface area contributed by atoms with Crippen molar-refractivity contribution in [1.29, 1.82) is 0 Å². The van der Waals surface area contributed by atoms with E-state index in [4.69, 9.17) is 15.7 Å². The van der Waals surface area contributed by atoms with E-state index in [9.17, 15) is 4.79 Å². The minimum absolute atomic E-state index is 0.268. The molecule has 0 aliphatic carbocycles. The topological polar surface area (TPSA) is 84.1 Å². The van der Waals surface area contributed by atoms with Crippen molar-refractivity contribution < 1.29 is 4.79 Å². The quantitative estimate of drug-likeness (QED) is 0.730. The normalized spacial score (nSPS) is 15.7. The number of nitrogens with two attached hydrogens (primary N) is 1. The fourth-order valence-electron chi connectivity index (χ4n) is 3.55. The maximum Gasteiger partial charge on any atom is 0.231 e. The molecule has 0 radical (unpaired) electrons. The number of hydrogen-bond donors (Lipinski definition) is 2. The second-order valence-corrected chi connectivity index (χ2v) is 6.94. The van der Waals surface area contributed by atoms with Crippen LogP contribution < -0.4 is 11.1 Å². The maximum atomic E-state index is 11.1. The molecule has 0 spiro atoms. The number of anilines is 1. The minimum atomic E-state index is -0.268. The molecule has 6 heteroatoms. The molecule has 0 saturated carbocycles. The number of nitrogens with one attached hydrogen (secondary N) is 1. The first kappa shape index (κ1) is 17.4. The van der Waals surface area contributed by atoms with Gasteiger partial charge in [0.2, 0.25) is 5.91 Å². The molecule has 138 valence electrons. The number of nitrogens with zero attached hydrogens (tertiary/aromatic N) is 3. The van der Waals surface area contributed by atoms with E-state index in [0.717, 1.165) is 54.0 Å². The summed E-state index contributed by atoms with van der Waals surface area (Å²) < 4.78 is 0. The summed E-state index contributed by atoms with van der Waals surface area (Å²) in [6.07, 6.45) is 1.90. The van der Waals surface area contributed by atoms with Crippen molar-refractivity contribution >= 4 is 22.6 Å². The molecule has 1 aliphatic rings. The van der Waals surface area contributed by atoms with Crippen molar-refractivity contribution in [3.8, 4) is 11.4 Å². The Hall–Kier alpha value is -2.99. The molecule has 1 saturated heterocycles. The zero-order valence-corrected chi connectivity index (χ0v) is 15.1. The van der Waals surface area contributed by atoms with Crippen LogP contribution in [-0.4, -0.2) is 46.5 Å². The number of carbonyl (C=O) groups excluding carboxylic acids is 1. The zero-order chi connectivity index (χ0) is 18.6. The van der Waals surface area contributed by atoms with E-state index in [1.165, 1.54) is 0 Å². The fourth-order valence-corrected chi connectivity index (χ4v) is 3.55. The number of para-hydroxylation sites is 1. The van der Waals surface area contributed by atoms with Crippen LogP contribution in [0.1, 0.15) is 12.8 Å². The molecule has 27 heavy (non-hydrogen) atoms. The van der Waals surface area contributed by atoms with Crippen LogP contribution in [0.25, 0.3) is 22.3 Å². The lowest BCUT2D eigenvalue weighted by atomic mass is 10.0. The molecule has 6 nitrogen and oxygen atoms in total. The summed E-state index contributed by atoms with van der Waals surface area (Å²) in [7, 11) is 0. The van der Waals surface area contributed by atoms with Gasteiger partial charge in [0, 0.05) is 30.1 Å². The number of primary amides is 1. The molecule has 1 amide bonds. The van der Waals surface area contributed by atoms with Crippen LogP contribution in [-0.2, 0) is 4.79 Å². The largest absolute Gasteiger partial charge is 0.369 e. The van der Waals surface area contributed by atoms with Gasteiger partial charge in [-0.2, -0.15) is 0 Å². The summed E-state index contributed by atoms with van der Waals surface area (Å²) in [5.41, 5.74) is 7.24. The monoisotopic (exact) mass is 361 g/mol. The van der Waals surface area contributed by atoms with Crippen LogP contribution >= 0.6 is 0 Å². The van der Waals surface area contributed by atoms with Crippen LogP contribution in [0.2, 0.25) is 0 Å². The Morgan fingerprint density at radius 2 is 1.74 bits per heavy atom. The molecular weight excluding hydrogens is 338 g/mol. The number of fused-ring (bicyclic) bond motifs is 1. The van der Waals surface area contributed by atoms with Gasteiger partial charge in [-0.05, 0) is 25.0 Å². The van der Waals surface area contributed by atoms with Crippen molar-refractivity contribution in [3.05, 3.63) is 54.6 Å². The van der Waals surface area contributed by atoms with Gasteiger partial charge in [0.05, 0.1) is 12.1 Å². The van der Waals surface area contributed by atoms with E-state index in [-0.39, 0.29) is 5.91 Å². The first-order valence-electron chi connectivity index (χ1n) is 9.28. The van der Waals surface area contributed by atoms with Crippen molar-refractivity contribution in [2.45, 2.75) is 18.9 Å². The Labute approximate surface area is 158 Å². The molecule has 0 atom stereocenters. The first-order chi connectivity index (χ1) is 13.2. The summed E-state index contributed by atoms with van der Waals surface area (Å²) in [5, 5.41) is 4.64. The predicted octanol–water partition coefficient (Wildman–Crippen LogP) is 2.66. The summed E-state index contributed by atoms with van der Waals surface area (Å²) in [6.45, 7) is 2.05. The summed E-state index contributed by atoms with van der Waals surface area (Å²) in [6, 6.07) is 18.4. The minimum Gasteiger partial charge on any atom is -0.369 e. The third kappa shape index (κ3) is 4.06. The third-order valence-electron chi connectivity index (χ3n) is 4.94. The van der Waals surface area contributed by atoms with Gasteiger partial charge in [-0.15, -0.1) is 0 Å². The highest BCUT2D eigenvalue weighted by Crippen LogP contribution is 2.26. The highest BCUT2D eigenvalue weighted by Gasteiger charge is 2.21. The highest BCUT2D eigenvalue weighted by molar-refractivity contribution is 5.90. The van der Waals surface area contributed by atoms with Gasteiger partial charge in [-0.1, -0.05) is 42.5 Å². The van der Waals surface area contributed by atoms with Crippen LogP contribution in [0.5, 0.6) is 0 Å². The lowest BCUT2D eigenvalue weighted by Gasteiger charge is -2.32. The number of amides is 1. The fraction of sp³-hybridized carbons (Fsp3) is 0.286. The average molecular weight is 361 g/mol. The number of hydrogen-bond acceptors (Lipinski definition) is 5. The molecule has 3 aromatic rings. The predicted molar refractivity (Wildman–Crippen MR) is 107 cm³/mol. The van der Waals surface area contributed by atoms with Gasteiger partial charge >= 0.3 is 0 Å².